The van der Waals surface area contributed by atoms with E-state index in [1.807, 2.05) is 60.7 Å². The fourth-order valence-electron chi connectivity index (χ4n) is 8.63. The molecule has 3 fully saturated rings. The fraction of sp³-hybridized carbons (Fsp3) is 0.222. The molecular weight excluding hydrogens is 592 g/mol. The van der Waals surface area contributed by atoms with Crippen molar-refractivity contribution >= 4 is 51.7 Å². The van der Waals surface area contributed by atoms with Gasteiger partial charge in [0.15, 0.2) is 0 Å². The van der Waals surface area contributed by atoms with Crippen LogP contribution in [0.15, 0.2) is 103 Å². The van der Waals surface area contributed by atoms with Crippen LogP contribution in [0.3, 0.4) is 0 Å². The van der Waals surface area contributed by atoms with Crippen LogP contribution in [0.5, 0.6) is 5.75 Å². The molecule has 45 heavy (non-hydrogen) atoms. The largest absolute Gasteiger partial charge is 0.508 e. The first-order chi connectivity index (χ1) is 21.7. The van der Waals surface area contributed by atoms with Gasteiger partial charge in [-0.3, -0.25) is 24.4 Å². The van der Waals surface area contributed by atoms with Gasteiger partial charge >= 0.3 is 0 Å². The molecule has 0 aromatic heterocycles. The van der Waals surface area contributed by atoms with Crippen molar-refractivity contribution in [1.29, 1.82) is 0 Å². The van der Waals surface area contributed by atoms with Gasteiger partial charge in [0.05, 0.1) is 28.9 Å². The zero-order valence-corrected chi connectivity index (χ0v) is 24.6. The molecule has 0 radical (unpaired) electrons. The van der Waals surface area contributed by atoms with Gasteiger partial charge in [-0.15, -0.1) is 0 Å². The number of imide groups is 2. The number of halogens is 1. The maximum Gasteiger partial charge on any atom is 0.257 e. The third kappa shape index (κ3) is 3.63. The number of fused-ring (bicyclic) bond motifs is 5. The minimum Gasteiger partial charge on any atom is -0.508 e. The normalized spacial score (nSPS) is 29.1. The Balaban J connectivity index is 1.47. The lowest BCUT2D eigenvalue weighted by molar-refractivity contribution is -0.173. The van der Waals surface area contributed by atoms with Crippen LogP contribution in [0.25, 0.3) is 10.8 Å². The minimum absolute atomic E-state index is 0.0458. The summed E-state index contributed by atoms with van der Waals surface area (Å²) in [5, 5.41) is 24.2. The highest BCUT2D eigenvalue weighted by Crippen LogP contribution is 2.65. The molecule has 4 aliphatic rings. The quantitative estimate of drug-likeness (QED) is 0.172. The first-order valence-electron chi connectivity index (χ1n) is 14.9. The number of carbonyl (C=O) groups excluding carboxylic acids is 4. The smallest absolute Gasteiger partial charge is 0.257 e. The summed E-state index contributed by atoms with van der Waals surface area (Å²) in [5.41, 5.74) is 0.597. The Morgan fingerprint density at radius 2 is 1.56 bits per heavy atom. The Hall–Kier alpha value is -4.79. The second kappa shape index (κ2) is 9.86. The van der Waals surface area contributed by atoms with Crippen molar-refractivity contribution < 1.29 is 29.5 Å². The van der Waals surface area contributed by atoms with E-state index in [1.165, 1.54) is 4.90 Å². The summed E-state index contributed by atoms with van der Waals surface area (Å²) in [5.74, 6) is -6.50. The number of hydrogen-bond acceptors (Lipinski definition) is 6. The van der Waals surface area contributed by atoms with Crippen molar-refractivity contribution in [3.63, 3.8) is 0 Å². The Morgan fingerprint density at radius 3 is 2.33 bits per heavy atom. The van der Waals surface area contributed by atoms with Gasteiger partial charge in [0.1, 0.15) is 5.75 Å². The van der Waals surface area contributed by atoms with Crippen molar-refractivity contribution in [2.45, 2.75) is 24.2 Å². The Kier molecular flexibility index (Phi) is 6.08. The second-order valence-corrected chi connectivity index (χ2v) is 12.7. The highest BCUT2D eigenvalue weighted by Gasteiger charge is 2.70. The average molecular weight is 619 g/mol. The topological polar surface area (TPSA) is 115 Å². The predicted octanol–water partition coefficient (Wildman–Crippen LogP) is 5.75. The summed E-state index contributed by atoms with van der Waals surface area (Å²) in [6.45, 7) is 0. The van der Waals surface area contributed by atoms with Gasteiger partial charge in [0.25, 0.3) is 11.8 Å². The van der Waals surface area contributed by atoms with Crippen molar-refractivity contribution in [1.82, 2.24) is 5.06 Å². The average Bonchev–Trinajstić information content (AvgIpc) is 3.42. The molecule has 0 bridgehead atoms. The van der Waals surface area contributed by atoms with Crippen LogP contribution >= 0.6 is 11.6 Å². The Labute approximate surface area is 263 Å². The van der Waals surface area contributed by atoms with E-state index in [0.29, 0.717) is 32.8 Å². The number of benzene rings is 4. The van der Waals surface area contributed by atoms with E-state index in [-0.39, 0.29) is 23.7 Å². The lowest BCUT2D eigenvalue weighted by Crippen LogP contribution is -2.53. The molecule has 9 heteroatoms. The van der Waals surface area contributed by atoms with Crippen molar-refractivity contribution in [3.05, 3.63) is 119 Å². The molecule has 2 saturated heterocycles. The first-order valence-corrected chi connectivity index (χ1v) is 15.3. The summed E-state index contributed by atoms with van der Waals surface area (Å²) < 4.78 is 0. The van der Waals surface area contributed by atoms with Crippen molar-refractivity contribution in [2.24, 2.45) is 23.7 Å². The molecule has 2 N–H and O–H groups in total. The van der Waals surface area contributed by atoms with Crippen LogP contribution in [0.2, 0.25) is 5.02 Å². The third-order valence-corrected chi connectivity index (χ3v) is 10.6. The number of aromatic hydroxyl groups is 1. The summed E-state index contributed by atoms with van der Waals surface area (Å²) in [7, 11) is 0. The van der Waals surface area contributed by atoms with Gasteiger partial charge in [-0.25, -0.2) is 4.90 Å². The summed E-state index contributed by atoms with van der Waals surface area (Å²) in [4.78, 5) is 57.6. The Morgan fingerprint density at radius 1 is 0.800 bits per heavy atom. The van der Waals surface area contributed by atoms with E-state index in [4.69, 9.17) is 11.6 Å². The molecule has 2 aliphatic heterocycles. The number of amides is 4. The van der Waals surface area contributed by atoms with Crippen molar-refractivity contribution in [3.8, 4) is 5.75 Å². The number of phenolic OH excluding ortho intramolecular Hbond substituents is 1. The van der Waals surface area contributed by atoms with Crippen LogP contribution in [0.4, 0.5) is 5.69 Å². The molecule has 4 amide bonds. The lowest BCUT2D eigenvalue weighted by atomic mass is 9.48. The Bertz CT molecular complexity index is 1990. The predicted molar refractivity (Wildman–Crippen MR) is 165 cm³/mol. The molecule has 4 aromatic carbocycles. The molecule has 0 spiro atoms. The molecule has 6 unspecified atom stereocenters. The zero-order valence-electron chi connectivity index (χ0n) is 23.8. The maximum atomic E-state index is 15.3. The fourth-order valence-corrected chi connectivity index (χ4v) is 8.81. The molecule has 224 valence electrons. The van der Waals surface area contributed by atoms with Gasteiger partial charge in [-0.05, 0) is 59.4 Å². The van der Waals surface area contributed by atoms with E-state index in [2.05, 4.69) is 0 Å². The first kappa shape index (κ1) is 27.7. The zero-order chi connectivity index (χ0) is 31.2. The number of nitrogens with zero attached hydrogens (tertiary/aromatic N) is 2. The highest BCUT2D eigenvalue weighted by atomic mass is 35.5. The van der Waals surface area contributed by atoms with Crippen LogP contribution < -0.4 is 4.90 Å². The van der Waals surface area contributed by atoms with Crippen LogP contribution in [-0.2, 0) is 24.6 Å². The summed E-state index contributed by atoms with van der Waals surface area (Å²) >= 11 is 6.35. The number of anilines is 1. The molecule has 2 heterocycles. The number of phenols is 1. The molecule has 8 rings (SSSR count). The summed E-state index contributed by atoms with van der Waals surface area (Å²) in [6, 6.07) is 26.6. The van der Waals surface area contributed by atoms with Crippen molar-refractivity contribution in [2.75, 3.05) is 4.90 Å². The molecule has 1 saturated carbocycles. The lowest BCUT2D eigenvalue weighted by Gasteiger charge is -2.51. The highest BCUT2D eigenvalue weighted by molar-refractivity contribution is 6.32. The SMILES string of the molecule is O=C1C2CC=C3C(CC4C(=O)N(c5cccc(Cl)c5)C(=O)C4(c4ccccc4)C3c3c(O)ccc4ccccc34)C2C(=O)N1O. The number of rotatable bonds is 3. The molecule has 6 atom stereocenters. The van der Waals surface area contributed by atoms with Gasteiger partial charge in [-0.2, -0.15) is 5.06 Å². The standard InChI is InChI=1S/C36H27ClN2O6/c37-21-10-6-11-22(17-21)38-33(42)27-18-26-24(14-15-25-29(26)34(43)39(45)32(25)41)31(36(27,35(38)44)20-8-2-1-3-9-20)30-23-12-5-4-7-19(23)13-16-28(30)40/h1-14,16-17,25-27,29,31,40,45H,15,18H2. The van der Waals surface area contributed by atoms with Crippen LogP contribution in [-0.4, -0.2) is 39.0 Å². The molecule has 2 aliphatic carbocycles. The van der Waals surface area contributed by atoms with Gasteiger partial charge in [0, 0.05) is 16.5 Å². The van der Waals surface area contributed by atoms with E-state index >= 15 is 4.79 Å². The van der Waals surface area contributed by atoms with E-state index in [0.717, 1.165) is 5.39 Å². The van der Waals surface area contributed by atoms with Gasteiger partial charge < -0.3 is 5.11 Å². The molecule has 4 aromatic rings. The number of allylic oxidation sites excluding steroid dienone is 2. The van der Waals surface area contributed by atoms with E-state index < -0.39 is 58.6 Å². The van der Waals surface area contributed by atoms with Crippen LogP contribution in [0, 0.1) is 23.7 Å². The van der Waals surface area contributed by atoms with E-state index in [1.54, 1.807) is 36.4 Å². The second-order valence-electron chi connectivity index (χ2n) is 12.3. The van der Waals surface area contributed by atoms with Crippen LogP contribution in [0.1, 0.15) is 29.9 Å². The maximum absolute atomic E-state index is 15.3. The molecule has 8 nitrogen and oxygen atoms in total. The number of hydroxylamine groups is 2. The monoisotopic (exact) mass is 618 g/mol. The van der Waals surface area contributed by atoms with Gasteiger partial charge in [0.2, 0.25) is 11.8 Å². The van der Waals surface area contributed by atoms with E-state index in [9.17, 15) is 24.7 Å². The minimum atomic E-state index is -1.51. The third-order valence-electron chi connectivity index (χ3n) is 10.4. The number of hydrogen-bond donors (Lipinski definition) is 2. The number of carbonyl (C=O) groups is 4. The summed E-state index contributed by atoms with van der Waals surface area (Å²) in [6.07, 6.45) is 2.16. The van der Waals surface area contributed by atoms with Gasteiger partial charge in [-0.1, -0.05) is 90.0 Å². The molecular formula is C36H27ClN2O6.